The van der Waals surface area contributed by atoms with Gasteiger partial charge in [0.25, 0.3) is 0 Å². The number of sulfonamides is 1. The van der Waals surface area contributed by atoms with Crippen molar-refractivity contribution >= 4 is 20.8 Å². The van der Waals surface area contributed by atoms with Crippen LogP contribution in [0.3, 0.4) is 0 Å². The molecule has 0 bridgehead atoms. The zero-order chi connectivity index (χ0) is 18.6. The van der Waals surface area contributed by atoms with E-state index in [1.165, 1.54) is 0 Å². The third-order valence-electron chi connectivity index (χ3n) is 3.93. The molecular formula is C20H21NO4S. The Kier molecular flexibility index (Phi) is 5.44. The van der Waals surface area contributed by atoms with Gasteiger partial charge in [0, 0.05) is 0 Å². The Morgan fingerprint density at radius 3 is 2.35 bits per heavy atom. The van der Waals surface area contributed by atoms with E-state index in [1.807, 2.05) is 48.5 Å². The van der Waals surface area contributed by atoms with Crippen molar-refractivity contribution in [2.24, 2.45) is 0 Å². The van der Waals surface area contributed by atoms with Gasteiger partial charge in [-0.05, 0) is 54.1 Å². The van der Waals surface area contributed by atoms with E-state index >= 15 is 0 Å². The van der Waals surface area contributed by atoms with Crippen molar-refractivity contribution in [1.29, 1.82) is 0 Å². The van der Waals surface area contributed by atoms with Crippen LogP contribution >= 0.6 is 0 Å². The molecule has 1 N–H and O–H groups in total. The summed E-state index contributed by atoms with van der Waals surface area (Å²) in [7, 11) is -2.03. The van der Waals surface area contributed by atoms with Crippen molar-refractivity contribution < 1.29 is 17.9 Å². The molecule has 0 aliphatic heterocycles. The maximum absolute atomic E-state index is 12.6. The average molecular weight is 371 g/mol. The van der Waals surface area contributed by atoms with Gasteiger partial charge in [0.05, 0.1) is 18.0 Å². The highest BCUT2D eigenvalue weighted by Crippen LogP contribution is 2.23. The van der Waals surface area contributed by atoms with Gasteiger partial charge < -0.3 is 9.47 Å². The number of para-hydroxylation sites is 1. The molecule has 6 heteroatoms. The number of ether oxygens (including phenoxy) is 2. The molecule has 0 spiro atoms. The topological polar surface area (TPSA) is 64.6 Å². The number of benzene rings is 3. The second-order valence-electron chi connectivity index (χ2n) is 6.02. The molecule has 0 saturated carbocycles. The standard InChI is InChI=1S/C20H21NO4S/c1-15(14-25-18-6-4-3-5-7-18)21-26(22,23)20-11-9-16-12-19(24-2)10-8-17(16)13-20/h3-13,15,21H,14H2,1-2H3/t15-/m0/s1. The van der Waals surface area contributed by atoms with Gasteiger partial charge in [-0.2, -0.15) is 0 Å². The second-order valence-corrected chi connectivity index (χ2v) is 7.74. The third-order valence-corrected chi connectivity index (χ3v) is 5.52. The van der Waals surface area contributed by atoms with Gasteiger partial charge in [0.1, 0.15) is 18.1 Å². The first-order valence-electron chi connectivity index (χ1n) is 8.26. The Morgan fingerprint density at radius 1 is 0.923 bits per heavy atom. The zero-order valence-electron chi connectivity index (χ0n) is 14.7. The molecule has 5 nitrogen and oxygen atoms in total. The van der Waals surface area contributed by atoms with Crippen LogP contribution in [0.25, 0.3) is 10.8 Å². The highest BCUT2D eigenvalue weighted by atomic mass is 32.2. The molecule has 26 heavy (non-hydrogen) atoms. The highest BCUT2D eigenvalue weighted by molar-refractivity contribution is 7.89. The number of methoxy groups -OCH3 is 1. The van der Waals surface area contributed by atoms with Gasteiger partial charge >= 0.3 is 0 Å². The highest BCUT2D eigenvalue weighted by Gasteiger charge is 2.18. The summed E-state index contributed by atoms with van der Waals surface area (Å²) in [6.07, 6.45) is 0. The van der Waals surface area contributed by atoms with Crippen LogP contribution in [0, 0.1) is 0 Å². The number of rotatable bonds is 7. The van der Waals surface area contributed by atoms with Crippen LogP contribution < -0.4 is 14.2 Å². The molecule has 1 atom stereocenters. The van der Waals surface area contributed by atoms with Gasteiger partial charge in [-0.3, -0.25) is 0 Å². The van der Waals surface area contributed by atoms with E-state index in [4.69, 9.17) is 9.47 Å². The number of nitrogens with one attached hydrogen (secondary N) is 1. The molecule has 0 aliphatic carbocycles. The fourth-order valence-electron chi connectivity index (χ4n) is 2.60. The van der Waals surface area contributed by atoms with Crippen LogP contribution in [0.5, 0.6) is 11.5 Å². The average Bonchev–Trinajstić information content (AvgIpc) is 2.66. The Balaban J connectivity index is 1.71. The van der Waals surface area contributed by atoms with E-state index in [0.29, 0.717) is 5.75 Å². The first-order valence-corrected chi connectivity index (χ1v) is 9.74. The van der Waals surface area contributed by atoms with Crippen LogP contribution in [0.15, 0.2) is 71.6 Å². The van der Waals surface area contributed by atoms with Crippen molar-refractivity contribution in [1.82, 2.24) is 4.72 Å². The minimum Gasteiger partial charge on any atom is -0.497 e. The molecule has 0 aliphatic rings. The first kappa shape index (κ1) is 18.2. The lowest BCUT2D eigenvalue weighted by Crippen LogP contribution is -2.36. The largest absolute Gasteiger partial charge is 0.497 e. The molecule has 0 radical (unpaired) electrons. The summed E-state index contributed by atoms with van der Waals surface area (Å²) in [5.74, 6) is 1.44. The minimum absolute atomic E-state index is 0.224. The summed E-state index contributed by atoms with van der Waals surface area (Å²) in [5.41, 5.74) is 0. The van der Waals surface area contributed by atoms with E-state index in [0.717, 1.165) is 16.5 Å². The van der Waals surface area contributed by atoms with E-state index in [1.54, 1.807) is 32.2 Å². The molecule has 0 aromatic heterocycles. The number of hydrogen-bond donors (Lipinski definition) is 1. The fourth-order valence-corrected chi connectivity index (χ4v) is 3.86. The van der Waals surface area contributed by atoms with Crippen molar-refractivity contribution in [3.8, 4) is 11.5 Å². The van der Waals surface area contributed by atoms with Crippen LogP contribution in [0.2, 0.25) is 0 Å². The van der Waals surface area contributed by atoms with Crippen molar-refractivity contribution in [3.05, 3.63) is 66.7 Å². The lowest BCUT2D eigenvalue weighted by molar-refractivity contribution is 0.287. The van der Waals surface area contributed by atoms with Gasteiger partial charge in [-0.25, -0.2) is 13.1 Å². The lowest BCUT2D eigenvalue weighted by Gasteiger charge is -2.15. The van der Waals surface area contributed by atoms with Crippen molar-refractivity contribution in [3.63, 3.8) is 0 Å². The molecule has 3 rings (SSSR count). The lowest BCUT2D eigenvalue weighted by atomic mass is 10.1. The van der Waals surface area contributed by atoms with E-state index in [9.17, 15) is 8.42 Å². The molecule has 0 amide bonds. The summed E-state index contributed by atoms with van der Waals surface area (Å²) in [4.78, 5) is 0.224. The van der Waals surface area contributed by atoms with Crippen LogP contribution in [-0.4, -0.2) is 28.2 Å². The molecule has 0 unspecified atom stereocenters. The second kappa shape index (κ2) is 7.76. The van der Waals surface area contributed by atoms with Crippen LogP contribution in [0.1, 0.15) is 6.92 Å². The Labute approximate surface area is 153 Å². The Morgan fingerprint density at radius 2 is 1.62 bits per heavy atom. The molecule has 136 valence electrons. The molecule has 0 heterocycles. The summed E-state index contributed by atoms with van der Waals surface area (Å²) >= 11 is 0. The summed E-state index contributed by atoms with van der Waals surface area (Å²) in [5, 5.41) is 1.76. The van der Waals surface area contributed by atoms with Crippen molar-refractivity contribution in [2.45, 2.75) is 17.9 Å². The monoisotopic (exact) mass is 371 g/mol. The molecule has 3 aromatic rings. The summed E-state index contributed by atoms with van der Waals surface area (Å²) in [6.45, 7) is 2.01. The van der Waals surface area contributed by atoms with Gasteiger partial charge in [0.2, 0.25) is 10.0 Å². The molecular weight excluding hydrogens is 350 g/mol. The van der Waals surface area contributed by atoms with Gasteiger partial charge in [-0.15, -0.1) is 0 Å². The maximum atomic E-state index is 12.6. The van der Waals surface area contributed by atoms with Crippen LogP contribution in [-0.2, 0) is 10.0 Å². The quantitative estimate of drug-likeness (QED) is 0.689. The number of fused-ring (bicyclic) bond motifs is 1. The van der Waals surface area contributed by atoms with Crippen LogP contribution in [0.4, 0.5) is 0 Å². The third kappa shape index (κ3) is 4.33. The predicted molar refractivity (Wildman–Crippen MR) is 102 cm³/mol. The van der Waals surface area contributed by atoms with Gasteiger partial charge in [-0.1, -0.05) is 30.3 Å². The molecule has 0 saturated heterocycles. The molecule has 3 aromatic carbocycles. The Hall–Kier alpha value is -2.57. The summed E-state index contributed by atoms with van der Waals surface area (Å²) in [6, 6.07) is 19.5. The zero-order valence-corrected chi connectivity index (χ0v) is 15.5. The smallest absolute Gasteiger partial charge is 0.240 e. The van der Waals surface area contributed by atoms with E-state index in [-0.39, 0.29) is 17.5 Å². The minimum atomic E-state index is -3.63. The Bertz CT molecular complexity index is 987. The predicted octanol–water partition coefficient (Wildman–Crippen LogP) is 3.59. The SMILES string of the molecule is COc1ccc2cc(S(=O)(=O)N[C@@H](C)COc3ccccc3)ccc2c1. The number of hydrogen-bond acceptors (Lipinski definition) is 4. The van der Waals surface area contributed by atoms with Gasteiger partial charge in [0.15, 0.2) is 0 Å². The summed E-state index contributed by atoms with van der Waals surface area (Å²) < 4.78 is 38.7. The normalized spacial score (nSPS) is 12.7. The van der Waals surface area contributed by atoms with Crippen molar-refractivity contribution in [2.75, 3.05) is 13.7 Å². The maximum Gasteiger partial charge on any atom is 0.240 e. The first-order chi connectivity index (χ1) is 12.5. The molecule has 0 fully saturated rings. The fraction of sp³-hybridized carbons (Fsp3) is 0.200. The van der Waals surface area contributed by atoms with E-state index in [2.05, 4.69) is 4.72 Å². The van der Waals surface area contributed by atoms with E-state index < -0.39 is 10.0 Å².